The van der Waals surface area contributed by atoms with Gasteiger partial charge in [-0.05, 0) is 61.6 Å². The molecular weight excluding hydrogens is 498 g/mol. The Labute approximate surface area is 226 Å². The topological polar surface area (TPSA) is 86.8 Å². The van der Waals surface area contributed by atoms with Crippen LogP contribution in [0.25, 0.3) is 0 Å². The quantitative estimate of drug-likeness (QED) is 0.585. The lowest BCUT2D eigenvalue weighted by Crippen LogP contribution is -2.39. The van der Waals surface area contributed by atoms with Crippen molar-refractivity contribution in [3.05, 3.63) is 70.8 Å². The van der Waals surface area contributed by atoms with Crippen molar-refractivity contribution in [1.82, 2.24) is 15.1 Å². The zero-order valence-corrected chi connectivity index (χ0v) is 23.3. The monoisotopic (exact) mass is 537 g/mol. The molecule has 7 nitrogen and oxygen atoms in total. The van der Waals surface area contributed by atoms with Gasteiger partial charge in [0.05, 0.1) is 17.5 Å². The Hall–Kier alpha value is -2.71. The maximum atomic E-state index is 13.3. The van der Waals surface area contributed by atoms with Crippen molar-refractivity contribution in [2.24, 2.45) is 17.8 Å². The number of benzene rings is 2. The van der Waals surface area contributed by atoms with Crippen LogP contribution in [-0.2, 0) is 14.6 Å². The van der Waals surface area contributed by atoms with Gasteiger partial charge in [0.15, 0.2) is 0 Å². The minimum absolute atomic E-state index is 0.0345. The molecule has 2 aromatic carbocycles. The van der Waals surface area contributed by atoms with Gasteiger partial charge in [0.25, 0.3) is 5.91 Å². The van der Waals surface area contributed by atoms with Gasteiger partial charge < -0.3 is 15.1 Å². The maximum absolute atomic E-state index is 13.3. The van der Waals surface area contributed by atoms with E-state index in [1.807, 2.05) is 67.3 Å². The van der Waals surface area contributed by atoms with Crippen molar-refractivity contribution >= 4 is 21.7 Å². The van der Waals surface area contributed by atoms with Crippen LogP contribution < -0.4 is 5.32 Å². The van der Waals surface area contributed by atoms with Crippen molar-refractivity contribution < 1.29 is 18.0 Å². The van der Waals surface area contributed by atoms with Crippen LogP contribution in [0.15, 0.2) is 48.5 Å². The number of hydrogen-bond donors (Lipinski definition) is 1. The van der Waals surface area contributed by atoms with E-state index >= 15 is 0 Å². The van der Waals surface area contributed by atoms with Crippen LogP contribution >= 0.6 is 0 Å². The number of likely N-dealkylation sites (tertiary alicyclic amines) is 2. The first-order valence-electron chi connectivity index (χ1n) is 13.8. The normalized spacial score (nSPS) is 24.2. The summed E-state index contributed by atoms with van der Waals surface area (Å²) >= 11 is 0. The van der Waals surface area contributed by atoms with Gasteiger partial charge in [-0.3, -0.25) is 9.59 Å². The summed E-state index contributed by atoms with van der Waals surface area (Å²) in [6.45, 7) is 8.44. The van der Waals surface area contributed by atoms with Gasteiger partial charge in [0.2, 0.25) is 5.91 Å². The van der Waals surface area contributed by atoms with Crippen LogP contribution in [-0.4, -0.2) is 74.3 Å². The molecule has 2 amide bonds. The van der Waals surface area contributed by atoms with Crippen molar-refractivity contribution in [3.8, 4) is 0 Å². The first kappa shape index (κ1) is 26.9. The molecule has 2 aromatic rings. The third-order valence-electron chi connectivity index (χ3n) is 8.72. The number of sulfone groups is 1. The Morgan fingerprint density at radius 1 is 0.895 bits per heavy atom. The number of nitrogens with one attached hydrogen (secondary N) is 1. The van der Waals surface area contributed by atoms with E-state index in [1.54, 1.807) is 0 Å². The van der Waals surface area contributed by atoms with E-state index in [-0.39, 0.29) is 35.3 Å². The van der Waals surface area contributed by atoms with E-state index in [2.05, 4.69) is 10.2 Å². The molecule has 0 aliphatic carbocycles. The van der Waals surface area contributed by atoms with Crippen molar-refractivity contribution in [3.63, 3.8) is 0 Å². The number of carbonyl (C=O) groups excluding carboxylic acids is 2. The van der Waals surface area contributed by atoms with Gasteiger partial charge in [-0.2, -0.15) is 0 Å². The molecule has 3 heterocycles. The minimum Gasteiger partial charge on any atom is -0.349 e. The first-order chi connectivity index (χ1) is 18.2. The van der Waals surface area contributed by atoms with E-state index in [4.69, 9.17) is 0 Å². The van der Waals surface area contributed by atoms with E-state index in [1.165, 1.54) is 0 Å². The standard InChI is InChI=1S/C30H39N3O4S/c1-21-7-6-8-22(2)28(21)30(35)33-19-25-17-32(18-26(25)20-33)14-11-27(23-9-4-3-5-10-23)31-29(34)24-12-15-38(36,37)16-13-24/h3-10,24-27H,11-20H2,1-2H3,(H,31,34)/t25?,26?,27-/m0/s1. The fraction of sp³-hybridized carbons (Fsp3) is 0.533. The molecule has 3 atom stereocenters. The molecule has 8 heteroatoms. The molecule has 204 valence electrons. The Morgan fingerprint density at radius 3 is 2.11 bits per heavy atom. The average Bonchev–Trinajstić information content (AvgIpc) is 3.46. The van der Waals surface area contributed by atoms with Crippen LogP contribution in [0.2, 0.25) is 0 Å². The molecule has 3 aliphatic heterocycles. The number of carbonyl (C=O) groups is 2. The summed E-state index contributed by atoms with van der Waals surface area (Å²) in [5, 5.41) is 3.24. The summed E-state index contributed by atoms with van der Waals surface area (Å²) in [5.74, 6) is 1.04. The average molecular weight is 538 g/mol. The highest BCUT2D eigenvalue weighted by molar-refractivity contribution is 7.91. The van der Waals surface area contributed by atoms with Crippen LogP contribution in [0.4, 0.5) is 0 Å². The largest absolute Gasteiger partial charge is 0.349 e. The predicted octanol–water partition coefficient (Wildman–Crippen LogP) is 3.38. The lowest BCUT2D eigenvalue weighted by molar-refractivity contribution is -0.126. The Morgan fingerprint density at radius 2 is 1.50 bits per heavy atom. The molecule has 3 aliphatic rings. The van der Waals surface area contributed by atoms with Crippen molar-refractivity contribution in [1.29, 1.82) is 0 Å². The zero-order valence-electron chi connectivity index (χ0n) is 22.4. The fourth-order valence-electron chi connectivity index (χ4n) is 6.51. The molecular formula is C30H39N3O4S. The van der Waals surface area contributed by atoms with Crippen molar-refractivity contribution in [2.45, 2.75) is 39.2 Å². The smallest absolute Gasteiger partial charge is 0.254 e. The Bertz CT molecular complexity index is 1230. The van der Waals surface area contributed by atoms with Gasteiger partial charge in [-0.25, -0.2) is 8.42 Å². The SMILES string of the molecule is Cc1cccc(C)c1C(=O)N1CC2CN(CC[C@H](NC(=O)C3CCS(=O)(=O)CC3)c3ccccc3)CC2C1. The van der Waals surface area contributed by atoms with Gasteiger partial charge in [0, 0.05) is 44.2 Å². The summed E-state index contributed by atoms with van der Waals surface area (Å²) in [6, 6.07) is 16.0. The van der Waals surface area contributed by atoms with Crippen LogP contribution in [0.1, 0.15) is 52.4 Å². The Balaban J connectivity index is 1.17. The summed E-state index contributed by atoms with van der Waals surface area (Å²) < 4.78 is 23.6. The third kappa shape index (κ3) is 5.96. The highest BCUT2D eigenvalue weighted by atomic mass is 32.2. The molecule has 3 fully saturated rings. The summed E-state index contributed by atoms with van der Waals surface area (Å²) in [7, 11) is -3.00. The van der Waals surface area contributed by atoms with Crippen LogP contribution in [0, 0.1) is 31.6 Å². The molecule has 0 saturated carbocycles. The molecule has 0 radical (unpaired) electrons. The molecule has 0 spiro atoms. The molecule has 0 bridgehead atoms. The molecule has 38 heavy (non-hydrogen) atoms. The van der Waals surface area contributed by atoms with E-state index < -0.39 is 9.84 Å². The summed E-state index contributed by atoms with van der Waals surface area (Å²) in [6.07, 6.45) is 1.61. The maximum Gasteiger partial charge on any atom is 0.254 e. The lowest BCUT2D eigenvalue weighted by atomic mass is 9.98. The zero-order chi connectivity index (χ0) is 26.9. The summed E-state index contributed by atoms with van der Waals surface area (Å²) in [5.41, 5.74) is 4.01. The first-order valence-corrected chi connectivity index (χ1v) is 15.7. The lowest BCUT2D eigenvalue weighted by Gasteiger charge is -2.27. The van der Waals surface area contributed by atoms with Crippen LogP contribution in [0.3, 0.4) is 0 Å². The van der Waals surface area contributed by atoms with Gasteiger partial charge >= 0.3 is 0 Å². The minimum atomic E-state index is -3.00. The van der Waals surface area contributed by atoms with E-state index in [9.17, 15) is 18.0 Å². The number of amides is 2. The molecule has 0 aromatic heterocycles. The second-order valence-corrected chi connectivity index (χ2v) is 13.7. The third-order valence-corrected chi connectivity index (χ3v) is 10.4. The number of rotatable bonds is 7. The molecule has 2 unspecified atom stereocenters. The number of fused-ring (bicyclic) bond motifs is 1. The van der Waals surface area contributed by atoms with Crippen molar-refractivity contribution in [2.75, 3.05) is 44.2 Å². The molecule has 3 saturated heterocycles. The predicted molar refractivity (Wildman–Crippen MR) is 149 cm³/mol. The van der Waals surface area contributed by atoms with Gasteiger partial charge in [-0.15, -0.1) is 0 Å². The highest BCUT2D eigenvalue weighted by Gasteiger charge is 2.42. The van der Waals surface area contributed by atoms with Gasteiger partial charge in [-0.1, -0.05) is 48.5 Å². The summed E-state index contributed by atoms with van der Waals surface area (Å²) in [4.78, 5) is 30.9. The number of aryl methyl sites for hydroxylation is 2. The molecule has 1 N–H and O–H groups in total. The van der Waals surface area contributed by atoms with Crippen LogP contribution in [0.5, 0.6) is 0 Å². The molecule has 5 rings (SSSR count). The van der Waals surface area contributed by atoms with E-state index in [0.29, 0.717) is 24.7 Å². The van der Waals surface area contributed by atoms with E-state index in [0.717, 1.165) is 61.4 Å². The second kappa shape index (κ2) is 11.2. The second-order valence-electron chi connectivity index (χ2n) is 11.4. The highest BCUT2D eigenvalue weighted by Crippen LogP contribution is 2.33. The Kier molecular flexibility index (Phi) is 7.91. The number of nitrogens with zero attached hydrogens (tertiary/aromatic N) is 2. The fourth-order valence-corrected chi connectivity index (χ4v) is 8.00. The number of hydrogen-bond acceptors (Lipinski definition) is 5. The van der Waals surface area contributed by atoms with Gasteiger partial charge in [0.1, 0.15) is 9.84 Å².